The van der Waals surface area contributed by atoms with Crippen molar-refractivity contribution in [2.75, 3.05) is 25.1 Å². The molecule has 3 rings (SSSR count). The van der Waals surface area contributed by atoms with Gasteiger partial charge in [-0.25, -0.2) is 9.18 Å². The number of fused-ring (bicyclic) bond motifs is 1. The Morgan fingerprint density at radius 3 is 2.79 bits per heavy atom. The standard InChI is InChI=1S/C14H14FNO3/c1-14(15)7-16(8-14)10-4-3-9-5-12(13(17)18-2)19-11(9)6-10/h3-6H,7-8H2,1-2H3. The van der Waals surface area contributed by atoms with Crippen LogP contribution in [0.25, 0.3) is 11.0 Å². The number of methoxy groups -OCH3 is 1. The molecule has 1 aromatic heterocycles. The first-order valence-corrected chi connectivity index (χ1v) is 6.04. The molecule has 100 valence electrons. The second-order valence-corrected chi connectivity index (χ2v) is 5.09. The minimum Gasteiger partial charge on any atom is -0.463 e. The van der Waals surface area contributed by atoms with Crippen molar-refractivity contribution < 1.29 is 18.3 Å². The number of ether oxygens (including phenoxy) is 1. The van der Waals surface area contributed by atoms with E-state index in [0.29, 0.717) is 18.7 Å². The number of hydrogen-bond donors (Lipinski definition) is 0. The van der Waals surface area contributed by atoms with Crippen LogP contribution in [0.3, 0.4) is 0 Å². The van der Waals surface area contributed by atoms with Crippen molar-refractivity contribution in [1.82, 2.24) is 0 Å². The molecule has 0 amide bonds. The van der Waals surface area contributed by atoms with Gasteiger partial charge in [0.2, 0.25) is 5.76 Å². The fraction of sp³-hybridized carbons (Fsp3) is 0.357. The number of carbonyl (C=O) groups excluding carboxylic acids is 1. The van der Waals surface area contributed by atoms with Crippen LogP contribution in [-0.2, 0) is 4.74 Å². The van der Waals surface area contributed by atoms with Gasteiger partial charge in [0.1, 0.15) is 11.3 Å². The highest BCUT2D eigenvalue weighted by Gasteiger charge is 2.38. The molecule has 1 fully saturated rings. The van der Waals surface area contributed by atoms with Crippen LogP contribution in [0.2, 0.25) is 0 Å². The van der Waals surface area contributed by atoms with Gasteiger partial charge in [-0.2, -0.15) is 0 Å². The molecule has 0 atom stereocenters. The number of halogens is 1. The molecule has 0 aliphatic carbocycles. The molecule has 0 spiro atoms. The molecule has 1 aliphatic heterocycles. The number of hydrogen-bond acceptors (Lipinski definition) is 4. The fourth-order valence-electron chi connectivity index (χ4n) is 2.35. The predicted octanol–water partition coefficient (Wildman–Crippen LogP) is 2.77. The first-order valence-electron chi connectivity index (χ1n) is 6.04. The molecular formula is C14H14FNO3. The number of nitrogens with zero attached hydrogens (tertiary/aromatic N) is 1. The highest BCUT2D eigenvalue weighted by Crippen LogP contribution is 2.32. The smallest absolute Gasteiger partial charge is 0.373 e. The number of benzene rings is 1. The van der Waals surface area contributed by atoms with E-state index in [1.54, 1.807) is 13.0 Å². The zero-order valence-corrected chi connectivity index (χ0v) is 10.8. The molecule has 2 aromatic rings. The molecule has 19 heavy (non-hydrogen) atoms. The van der Waals surface area contributed by atoms with Crippen molar-refractivity contribution in [3.63, 3.8) is 0 Å². The van der Waals surface area contributed by atoms with E-state index in [4.69, 9.17) is 4.42 Å². The third-order valence-corrected chi connectivity index (χ3v) is 3.30. The van der Waals surface area contributed by atoms with E-state index in [9.17, 15) is 9.18 Å². The second kappa shape index (κ2) is 3.98. The monoisotopic (exact) mass is 263 g/mol. The molecule has 4 nitrogen and oxygen atoms in total. The highest BCUT2D eigenvalue weighted by atomic mass is 19.1. The van der Waals surface area contributed by atoms with Gasteiger partial charge in [-0.05, 0) is 25.1 Å². The van der Waals surface area contributed by atoms with E-state index >= 15 is 0 Å². The highest BCUT2D eigenvalue weighted by molar-refractivity contribution is 5.93. The second-order valence-electron chi connectivity index (χ2n) is 5.09. The zero-order valence-electron chi connectivity index (χ0n) is 10.8. The van der Waals surface area contributed by atoms with Gasteiger partial charge in [0.25, 0.3) is 0 Å². The summed E-state index contributed by atoms with van der Waals surface area (Å²) in [6, 6.07) is 7.21. The van der Waals surface area contributed by atoms with Crippen molar-refractivity contribution in [3.8, 4) is 0 Å². The molecular weight excluding hydrogens is 249 g/mol. The van der Waals surface area contributed by atoms with E-state index in [0.717, 1.165) is 11.1 Å². The molecule has 0 bridgehead atoms. The van der Waals surface area contributed by atoms with Gasteiger partial charge >= 0.3 is 5.97 Å². The maximum absolute atomic E-state index is 13.5. The zero-order chi connectivity index (χ0) is 13.6. The van der Waals surface area contributed by atoms with Crippen LogP contribution in [0.1, 0.15) is 17.5 Å². The van der Waals surface area contributed by atoms with Gasteiger partial charge in [0, 0.05) is 17.1 Å². The molecule has 1 aromatic carbocycles. The van der Waals surface area contributed by atoms with Gasteiger partial charge in [-0.15, -0.1) is 0 Å². The number of furan rings is 1. The Kier molecular flexibility index (Phi) is 2.52. The summed E-state index contributed by atoms with van der Waals surface area (Å²) in [4.78, 5) is 13.3. The van der Waals surface area contributed by atoms with Gasteiger partial charge in [-0.3, -0.25) is 0 Å². The fourth-order valence-corrected chi connectivity index (χ4v) is 2.35. The molecule has 5 heteroatoms. The Bertz CT molecular complexity index is 639. The van der Waals surface area contributed by atoms with Crippen LogP contribution in [-0.4, -0.2) is 31.8 Å². The average Bonchev–Trinajstić information content (AvgIpc) is 2.77. The van der Waals surface area contributed by atoms with Crippen molar-refractivity contribution >= 4 is 22.6 Å². The molecule has 1 aliphatic rings. The van der Waals surface area contributed by atoms with Crippen LogP contribution in [0.15, 0.2) is 28.7 Å². The van der Waals surface area contributed by atoms with Crippen molar-refractivity contribution in [2.24, 2.45) is 0 Å². The maximum Gasteiger partial charge on any atom is 0.373 e. The first kappa shape index (κ1) is 12.0. The van der Waals surface area contributed by atoms with Gasteiger partial charge < -0.3 is 14.1 Å². The molecule has 0 radical (unpaired) electrons. The van der Waals surface area contributed by atoms with Crippen molar-refractivity contribution in [1.29, 1.82) is 0 Å². The lowest BCUT2D eigenvalue weighted by Crippen LogP contribution is -2.57. The lowest BCUT2D eigenvalue weighted by molar-refractivity contribution is 0.0567. The molecule has 0 N–H and O–H groups in total. The molecule has 0 saturated carbocycles. The predicted molar refractivity (Wildman–Crippen MR) is 69.3 cm³/mol. The number of alkyl halides is 1. The Balaban J connectivity index is 1.91. The van der Waals surface area contributed by atoms with Crippen molar-refractivity contribution in [2.45, 2.75) is 12.6 Å². The number of esters is 1. The summed E-state index contributed by atoms with van der Waals surface area (Å²) in [7, 11) is 1.31. The summed E-state index contributed by atoms with van der Waals surface area (Å²) < 4.78 is 23.5. The summed E-state index contributed by atoms with van der Waals surface area (Å²) in [6.07, 6.45) is 0. The topological polar surface area (TPSA) is 42.7 Å². The number of anilines is 1. The summed E-state index contributed by atoms with van der Waals surface area (Å²) >= 11 is 0. The van der Waals surface area contributed by atoms with E-state index in [2.05, 4.69) is 4.74 Å². The Morgan fingerprint density at radius 1 is 1.42 bits per heavy atom. The SMILES string of the molecule is COC(=O)c1cc2ccc(N3CC(C)(F)C3)cc2o1. The van der Waals surface area contributed by atoms with Crippen LogP contribution >= 0.6 is 0 Å². The summed E-state index contributed by atoms with van der Waals surface area (Å²) in [6.45, 7) is 2.34. The third-order valence-electron chi connectivity index (χ3n) is 3.30. The molecule has 0 unspecified atom stereocenters. The van der Waals surface area contributed by atoms with Crippen LogP contribution in [0.5, 0.6) is 0 Å². The Labute approximate surface area is 109 Å². The van der Waals surface area contributed by atoms with Crippen LogP contribution in [0.4, 0.5) is 10.1 Å². The van der Waals surface area contributed by atoms with E-state index in [-0.39, 0.29) is 5.76 Å². The van der Waals surface area contributed by atoms with E-state index in [1.807, 2.05) is 23.1 Å². The van der Waals surface area contributed by atoms with Crippen LogP contribution < -0.4 is 4.90 Å². The Morgan fingerprint density at radius 2 is 2.16 bits per heavy atom. The lowest BCUT2D eigenvalue weighted by Gasteiger charge is -2.43. The summed E-state index contributed by atoms with van der Waals surface area (Å²) in [5.41, 5.74) is 0.383. The first-order chi connectivity index (χ1) is 8.98. The van der Waals surface area contributed by atoms with Crippen molar-refractivity contribution in [3.05, 3.63) is 30.0 Å². The average molecular weight is 263 g/mol. The van der Waals surface area contributed by atoms with Gasteiger partial charge in [0.05, 0.1) is 20.2 Å². The van der Waals surface area contributed by atoms with Gasteiger partial charge in [0.15, 0.2) is 0 Å². The minimum absolute atomic E-state index is 0.175. The largest absolute Gasteiger partial charge is 0.463 e. The minimum atomic E-state index is -1.12. The van der Waals surface area contributed by atoms with E-state index < -0.39 is 11.6 Å². The van der Waals surface area contributed by atoms with Crippen LogP contribution in [0, 0.1) is 0 Å². The normalized spacial score (nSPS) is 17.3. The van der Waals surface area contributed by atoms with Gasteiger partial charge in [-0.1, -0.05) is 0 Å². The quantitative estimate of drug-likeness (QED) is 0.781. The molecule has 1 saturated heterocycles. The number of rotatable bonds is 2. The number of carbonyl (C=O) groups is 1. The summed E-state index contributed by atoms with van der Waals surface area (Å²) in [5, 5.41) is 0.827. The third kappa shape index (κ3) is 2.05. The maximum atomic E-state index is 13.5. The Hall–Kier alpha value is -2.04. The summed E-state index contributed by atoms with van der Waals surface area (Å²) in [5.74, 6) is -0.327. The van der Waals surface area contributed by atoms with E-state index in [1.165, 1.54) is 7.11 Å². The lowest BCUT2D eigenvalue weighted by atomic mass is 9.98. The molecule has 2 heterocycles.